The van der Waals surface area contributed by atoms with Gasteiger partial charge in [0.05, 0.1) is 6.33 Å². The lowest BCUT2D eigenvalue weighted by Crippen LogP contribution is -2.44. The van der Waals surface area contributed by atoms with E-state index >= 15 is 0 Å². The molecule has 0 aromatic carbocycles. The Hall–Kier alpha value is -2.90. The number of piperidine rings is 1. The Morgan fingerprint density at radius 1 is 1.14 bits per heavy atom. The second-order valence-corrected chi connectivity index (χ2v) is 9.22. The van der Waals surface area contributed by atoms with Crippen LogP contribution in [0, 0.1) is 0 Å². The van der Waals surface area contributed by atoms with Gasteiger partial charge in [0, 0.05) is 45.0 Å². The summed E-state index contributed by atoms with van der Waals surface area (Å²) in [5.41, 5.74) is 6.75. The number of rotatable bonds is 8. The topological polar surface area (TPSA) is 148 Å². The van der Waals surface area contributed by atoms with E-state index in [1.165, 1.54) is 12.7 Å². The fourth-order valence-corrected chi connectivity index (χ4v) is 4.71. The highest BCUT2D eigenvalue weighted by Crippen LogP contribution is 2.32. The summed E-state index contributed by atoms with van der Waals surface area (Å²) in [5, 5.41) is 21.3. The summed E-state index contributed by atoms with van der Waals surface area (Å²) in [6.45, 7) is 4.14. The molecular formula is C23H32N8O4. The summed E-state index contributed by atoms with van der Waals surface area (Å²) < 4.78 is 13.6. The number of aliphatic hydroxyl groups excluding tert-OH is 2. The number of likely N-dealkylation sites (N-methyl/N-ethyl adjacent to an activating group) is 1. The molecule has 3 aromatic heterocycles. The third-order valence-electron chi connectivity index (χ3n) is 6.75. The maximum absolute atomic E-state index is 10.7. The number of nitrogens with zero attached hydrogens (tertiary/aromatic N) is 7. The number of nitrogens with two attached hydrogens (primary N) is 1. The molecule has 4 atom stereocenters. The largest absolute Gasteiger partial charge is 0.474 e. The van der Waals surface area contributed by atoms with Crippen molar-refractivity contribution in [3.8, 4) is 5.88 Å². The number of pyridine rings is 1. The zero-order valence-corrected chi connectivity index (χ0v) is 19.7. The molecule has 2 fully saturated rings. The van der Waals surface area contributed by atoms with E-state index in [4.69, 9.17) is 15.2 Å². The molecule has 35 heavy (non-hydrogen) atoms. The van der Waals surface area contributed by atoms with Crippen LogP contribution in [0.2, 0.25) is 0 Å². The van der Waals surface area contributed by atoms with Gasteiger partial charge in [0.15, 0.2) is 17.7 Å². The van der Waals surface area contributed by atoms with Crippen LogP contribution >= 0.6 is 0 Å². The van der Waals surface area contributed by atoms with E-state index in [9.17, 15) is 10.2 Å². The first-order valence-electron chi connectivity index (χ1n) is 11.9. The van der Waals surface area contributed by atoms with Gasteiger partial charge in [-0.25, -0.2) is 19.9 Å². The number of hydrogen-bond donors (Lipinski definition) is 3. The van der Waals surface area contributed by atoms with Gasteiger partial charge in [-0.2, -0.15) is 0 Å². The van der Waals surface area contributed by atoms with Crippen LogP contribution in [0.4, 0.5) is 5.82 Å². The molecule has 5 heterocycles. The molecule has 4 N–H and O–H groups in total. The average Bonchev–Trinajstić information content (AvgIpc) is 3.42. The highest BCUT2D eigenvalue weighted by molar-refractivity contribution is 5.81. The van der Waals surface area contributed by atoms with Gasteiger partial charge in [-0.05, 0) is 26.0 Å². The minimum Gasteiger partial charge on any atom is -0.474 e. The second-order valence-electron chi connectivity index (χ2n) is 9.22. The zero-order valence-electron chi connectivity index (χ0n) is 19.7. The maximum atomic E-state index is 10.7. The average molecular weight is 485 g/mol. The molecule has 188 valence electrons. The van der Waals surface area contributed by atoms with E-state index in [0.29, 0.717) is 23.6 Å². The normalized spacial score (nSPS) is 26.1. The number of aromatic nitrogens is 5. The van der Waals surface area contributed by atoms with Crippen LogP contribution < -0.4 is 10.5 Å². The minimum absolute atomic E-state index is 0.194. The van der Waals surface area contributed by atoms with Crippen LogP contribution in [0.25, 0.3) is 11.2 Å². The van der Waals surface area contributed by atoms with Crippen LogP contribution in [-0.4, -0.2) is 109 Å². The summed E-state index contributed by atoms with van der Waals surface area (Å²) in [5.74, 6) is 0.936. The molecule has 1 unspecified atom stereocenters. The SMILES string of the molecule is CN(CCN1CCC(Oc2ccccn2)CC1)C[C@H]1OC(n2cnc3c(N)ncnc32)[C@H](O)[C@@H]1O. The predicted molar refractivity (Wildman–Crippen MR) is 127 cm³/mol. The molecule has 0 amide bonds. The van der Waals surface area contributed by atoms with Crippen molar-refractivity contribution in [1.82, 2.24) is 34.3 Å². The first-order valence-corrected chi connectivity index (χ1v) is 11.9. The Morgan fingerprint density at radius 3 is 2.74 bits per heavy atom. The van der Waals surface area contributed by atoms with Gasteiger partial charge < -0.3 is 35.2 Å². The lowest BCUT2D eigenvalue weighted by molar-refractivity contribution is -0.0427. The number of nitrogen functional groups attached to an aromatic ring is 1. The summed E-state index contributed by atoms with van der Waals surface area (Å²) in [6.07, 6.45) is 3.22. The molecule has 0 spiro atoms. The number of ether oxygens (including phenoxy) is 2. The number of imidazole rings is 1. The van der Waals surface area contributed by atoms with Crippen LogP contribution in [-0.2, 0) is 4.74 Å². The van der Waals surface area contributed by atoms with E-state index in [1.807, 2.05) is 25.2 Å². The number of fused-ring (bicyclic) bond motifs is 1. The molecule has 2 aliphatic heterocycles. The molecule has 0 aliphatic carbocycles. The van der Waals surface area contributed by atoms with Crippen LogP contribution in [0.5, 0.6) is 5.88 Å². The van der Waals surface area contributed by atoms with Gasteiger partial charge in [0.1, 0.15) is 36.3 Å². The van der Waals surface area contributed by atoms with Crippen molar-refractivity contribution in [3.05, 3.63) is 37.1 Å². The molecule has 3 aromatic rings. The van der Waals surface area contributed by atoms with Gasteiger partial charge in [-0.15, -0.1) is 0 Å². The molecule has 5 rings (SSSR count). The quantitative estimate of drug-likeness (QED) is 0.393. The smallest absolute Gasteiger partial charge is 0.213 e. The van der Waals surface area contributed by atoms with Gasteiger partial charge in [0.25, 0.3) is 0 Å². The minimum atomic E-state index is -1.11. The van der Waals surface area contributed by atoms with Crippen molar-refractivity contribution >= 4 is 17.0 Å². The highest BCUT2D eigenvalue weighted by atomic mass is 16.6. The Kier molecular flexibility index (Phi) is 7.07. The maximum Gasteiger partial charge on any atom is 0.213 e. The number of hydrogen-bond acceptors (Lipinski definition) is 11. The van der Waals surface area contributed by atoms with E-state index in [0.717, 1.165) is 39.0 Å². The van der Waals surface area contributed by atoms with E-state index in [1.54, 1.807) is 10.8 Å². The number of aliphatic hydroxyl groups is 2. The van der Waals surface area contributed by atoms with Crippen molar-refractivity contribution in [3.63, 3.8) is 0 Å². The van der Waals surface area contributed by atoms with Crippen molar-refractivity contribution in [2.75, 3.05) is 45.5 Å². The predicted octanol–water partition coefficient (Wildman–Crippen LogP) is -0.102. The molecule has 12 nitrogen and oxygen atoms in total. The summed E-state index contributed by atoms with van der Waals surface area (Å²) in [6, 6.07) is 5.70. The Labute approximate surface area is 203 Å². The third-order valence-corrected chi connectivity index (χ3v) is 6.75. The number of anilines is 1. The fraction of sp³-hybridized carbons (Fsp3) is 0.565. The molecule has 2 aliphatic rings. The molecule has 2 saturated heterocycles. The van der Waals surface area contributed by atoms with E-state index < -0.39 is 24.5 Å². The first kappa shape index (κ1) is 23.8. The van der Waals surface area contributed by atoms with E-state index in [-0.39, 0.29) is 11.9 Å². The fourth-order valence-electron chi connectivity index (χ4n) is 4.71. The Bertz CT molecular complexity index is 1110. The molecule has 0 radical (unpaired) electrons. The van der Waals surface area contributed by atoms with Gasteiger partial charge in [-0.1, -0.05) is 6.07 Å². The highest BCUT2D eigenvalue weighted by Gasteiger charge is 2.44. The van der Waals surface area contributed by atoms with Gasteiger partial charge in [0.2, 0.25) is 5.88 Å². The standard InChI is InChI=1S/C23H32N8O4/c1-29(10-11-30-8-5-15(6-9-30)34-17-4-2-3-7-25-17)12-16-19(32)20(33)23(35-16)31-14-28-18-21(24)26-13-27-22(18)31/h2-4,7,13-16,19-20,23,32-33H,5-6,8-12H2,1H3,(H2,24,26,27)/t16-,19-,20-,23?/m1/s1. The monoisotopic (exact) mass is 484 g/mol. The van der Waals surface area contributed by atoms with Crippen LogP contribution in [0.1, 0.15) is 19.1 Å². The van der Waals surface area contributed by atoms with Crippen molar-refractivity contribution in [1.29, 1.82) is 0 Å². The molecule has 0 bridgehead atoms. The lowest BCUT2D eigenvalue weighted by Gasteiger charge is -2.33. The summed E-state index contributed by atoms with van der Waals surface area (Å²) in [7, 11) is 1.99. The third kappa shape index (κ3) is 5.21. The van der Waals surface area contributed by atoms with Gasteiger partial charge >= 0.3 is 0 Å². The molecule has 0 saturated carbocycles. The Morgan fingerprint density at radius 2 is 1.97 bits per heavy atom. The first-order chi connectivity index (χ1) is 17.0. The Balaban J connectivity index is 1.09. The zero-order chi connectivity index (χ0) is 24.4. The van der Waals surface area contributed by atoms with Crippen LogP contribution in [0.15, 0.2) is 37.1 Å². The molecule has 12 heteroatoms. The van der Waals surface area contributed by atoms with E-state index in [2.05, 4.69) is 29.7 Å². The number of likely N-dealkylation sites (tertiary alicyclic amines) is 1. The van der Waals surface area contributed by atoms with Crippen molar-refractivity contribution in [2.45, 2.75) is 43.5 Å². The summed E-state index contributed by atoms with van der Waals surface area (Å²) in [4.78, 5) is 21.2. The van der Waals surface area contributed by atoms with Crippen molar-refractivity contribution < 1.29 is 19.7 Å². The molecular weight excluding hydrogens is 452 g/mol. The summed E-state index contributed by atoms with van der Waals surface area (Å²) >= 11 is 0. The lowest BCUT2D eigenvalue weighted by atomic mass is 10.1. The van der Waals surface area contributed by atoms with Gasteiger partial charge in [-0.3, -0.25) is 4.57 Å². The second kappa shape index (κ2) is 10.4. The van der Waals surface area contributed by atoms with Crippen LogP contribution in [0.3, 0.4) is 0 Å². The van der Waals surface area contributed by atoms with Crippen molar-refractivity contribution in [2.24, 2.45) is 0 Å².